The average Bonchev–Trinajstić information content (AvgIpc) is 3.00. The molecule has 0 saturated carbocycles. The fraction of sp³-hybridized carbons (Fsp3) is 0.263. The van der Waals surface area contributed by atoms with Gasteiger partial charge in [0.25, 0.3) is 11.5 Å². The van der Waals surface area contributed by atoms with E-state index in [9.17, 15) is 14.4 Å². The van der Waals surface area contributed by atoms with Crippen molar-refractivity contribution in [3.8, 4) is 0 Å². The minimum absolute atomic E-state index is 0.204. The number of hydrogen-bond donors (Lipinski definition) is 3. The molecule has 0 atom stereocenters. The van der Waals surface area contributed by atoms with E-state index in [0.29, 0.717) is 34.3 Å². The molecule has 2 aromatic heterocycles. The predicted molar refractivity (Wildman–Crippen MR) is 104 cm³/mol. The molecule has 0 saturated heterocycles. The number of methoxy groups -OCH3 is 1. The quantitative estimate of drug-likeness (QED) is 0.457. The number of carbonyl (C=O) groups excluding carboxylic acids is 2. The van der Waals surface area contributed by atoms with Gasteiger partial charge in [0.2, 0.25) is 5.95 Å². The summed E-state index contributed by atoms with van der Waals surface area (Å²) >= 11 is 0. The van der Waals surface area contributed by atoms with Crippen molar-refractivity contribution < 1.29 is 14.3 Å². The zero-order valence-electron chi connectivity index (χ0n) is 16.0. The summed E-state index contributed by atoms with van der Waals surface area (Å²) < 4.78 is 6.18. The molecule has 3 N–H and O–H groups in total. The van der Waals surface area contributed by atoms with Gasteiger partial charge in [0.15, 0.2) is 0 Å². The van der Waals surface area contributed by atoms with Gasteiger partial charge in [-0.15, -0.1) is 0 Å². The van der Waals surface area contributed by atoms with E-state index in [4.69, 9.17) is 4.74 Å². The van der Waals surface area contributed by atoms with E-state index in [1.807, 2.05) is 6.92 Å². The number of aryl methyl sites for hydroxylation is 1. The van der Waals surface area contributed by atoms with Gasteiger partial charge in [0, 0.05) is 12.2 Å². The van der Waals surface area contributed by atoms with Gasteiger partial charge in [-0.05, 0) is 38.5 Å². The largest absolute Gasteiger partial charge is 0.465 e. The number of ether oxygens (including phenoxy) is 1. The third kappa shape index (κ3) is 3.22. The first-order valence-electron chi connectivity index (χ1n) is 8.72. The monoisotopic (exact) mass is 383 g/mol. The van der Waals surface area contributed by atoms with Crippen molar-refractivity contribution >= 4 is 28.7 Å². The minimum Gasteiger partial charge on any atom is -0.465 e. The third-order valence-corrected chi connectivity index (χ3v) is 4.52. The van der Waals surface area contributed by atoms with Crippen LogP contribution in [0.15, 0.2) is 29.1 Å². The summed E-state index contributed by atoms with van der Waals surface area (Å²) in [5.74, 6) is -0.802. The highest BCUT2D eigenvalue weighted by Gasteiger charge is 2.22. The molecule has 3 aromatic rings. The Morgan fingerprint density at radius 1 is 1.25 bits per heavy atom. The van der Waals surface area contributed by atoms with Crippen molar-refractivity contribution in [3.05, 3.63) is 57.1 Å². The fourth-order valence-electron chi connectivity index (χ4n) is 3.12. The number of hydrazine groups is 1. The van der Waals surface area contributed by atoms with Crippen molar-refractivity contribution in [2.24, 2.45) is 0 Å². The van der Waals surface area contributed by atoms with Crippen LogP contribution in [0.1, 0.15) is 39.0 Å². The molecule has 1 aromatic carbocycles. The number of aromatic nitrogens is 3. The Morgan fingerprint density at radius 3 is 2.64 bits per heavy atom. The van der Waals surface area contributed by atoms with Crippen LogP contribution in [-0.2, 0) is 11.3 Å². The van der Waals surface area contributed by atoms with Crippen LogP contribution in [0.3, 0.4) is 0 Å². The highest BCUT2D eigenvalue weighted by Crippen LogP contribution is 2.19. The highest BCUT2D eigenvalue weighted by molar-refractivity contribution is 6.00. The Bertz CT molecular complexity index is 1130. The lowest BCUT2D eigenvalue weighted by molar-refractivity contribution is 0.0599. The molecule has 28 heavy (non-hydrogen) atoms. The maximum atomic E-state index is 12.6. The highest BCUT2D eigenvalue weighted by atomic mass is 16.5. The number of fused-ring (bicyclic) bond motifs is 1. The maximum absolute atomic E-state index is 12.6. The van der Waals surface area contributed by atoms with E-state index in [1.165, 1.54) is 11.7 Å². The van der Waals surface area contributed by atoms with Gasteiger partial charge in [-0.1, -0.05) is 12.1 Å². The van der Waals surface area contributed by atoms with Crippen LogP contribution in [0.4, 0.5) is 5.95 Å². The van der Waals surface area contributed by atoms with E-state index < -0.39 is 11.9 Å². The van der Waals surface area contributed by atoms with E-state index in [0.717, 1.165) is 0 Å². The lowest BCUT2D eigenvalue weighted by atomic mass is 10.1. The summed E-state index contributed by atoms with van der Waals surface area (Å²) in [7, 11) is 1.28. The number of nitrogens with zero attached hydrogens (tertiary/aromatic N) is 2. The lowest BCUT2D eigenvalue weighted by Gasteiger charge is -2.14. The summed E-state index contributed by atoms with van der Waals surface area (Å²) in [4.78, 5) is 44.4. The first-order valence-corrected chi connectivity index (χ1v) is 8.72. The number of esters is 1. The number of amides is 1. The Balaban J connectivity index is 1.90. The summed E-state index contributed by atoms with van der Waals surface area (Å²) in [6, 6.07) is 6.99. The molecule has 3 rings (SSSR count). The molecule has 1 amide bonds. The van der Waals surface area contributed by atoms with Crippen LogP contribution < -0.4 is 16.4 Å². The number of nitrogens with one attached hydrogen (secondary N) is 3. The Labute approximate surface area is 160 Å². The third-order valence-electron chi connectivity index (χ3n) is 4.52. The molecule has 0 aliphatic carbocycles. The van der Waals surface area contributed by atoms with Gasteiger partial charge in [-0.3, -0.25) is 25.0 Å². The van der Waals surface area contributed by atoms with E-state index in [-0.39, 0.29) is 17.2 Å². The zero-order chi connectivity index (χ0) is 20.4. The smallest absolute Gasteiger partial charge is 0.339 e. The number of para-hydroxylation sites is 1. The lowest BCUT2D eigenvalue weighted by Crippen LogP contribution is -2.34. The number of rotatable bonds is 5. The number of hydrogen-bond acceptors (Lipinski definition) is 6. The van der Waals surface area contributed by atoms with Gasteiger partial charge >= 0.3 is 5.97 Å². The molecule has 0 fully saturated rings. The summed E-state index contributed by atoms with van der Waals surface area (Å²) in [5, 5.41) is 0.500. The second-order valence-electron chi connectivity index (χ2n) is 6.20. The van der Waals surface area contributed by atoms with Crippen LogP contribution in [0, 0.1) is 13.8 Å². The van der Waals surface area contributed by atoms with Crippen molar-refractivity contribution in [3.63, 3.8) is 0 Å². The average molecular weight is 383 g/mol. The Kier molecular flexibility index (Phi) is 5.16. The molecule has 0 bridgehead atoms. The SMILES string of the molecule is CCn1c(NNC(=O)c2[nH]c(C)c(C(=O)OC)c2C)nc2ccccc2c1=O. The van der Waals surface area contributed by atoms with Gasteiger partial charge in [0.05, 0.1) is 23.6 Å². The molecule has 0 radical (unpaired) electrons. The van der Waals surface area contributed by atoms with Crippen LogP contribution in [0.5, 0.6) is 0 Å². The zero-order valence-corrected chi connectivity index (χ0v) is 16.0. The standard InChI is InChI=1S/C19H21N5O4/c1-5-24-17(26)12-8-6-7-9-13(12)21-19(24)23-22-16(25)15-10(2)14(11(3)20-15)18(27)28-4/h6-9,20H,5H2,1-4H3,(H,21,23)(H,22,25). The predicted octanol–water partition coefficient (Wildman–Crippen LogP) is 1.90. The van der Waals surface area contributed by atoms with Gasteiger partial charge in [-0.2, -0.15) is 0 Å². The number of anilines is 1. The van der Waals surface area contributed by atoms with E-state index >= 15 is 0 Å². The molecule has 0 spiro atoms. The molecule has 9 heteroatoms. The first kappa shape index (κ1) is 19.2. The molecular weight excluding hydrogens is 362 g/mol. The Hall–Kier alpha value is -3.62. The first-order chi connectivity index (χ1) is 13.4. The minimum atomic E-state index is -0.519. The van der Waals surface area contributed by atoms with E-state index in [2.05, 4.69) is 20.8 Å². The summed E-state index contributed by atoms with van der Waals surface area (Å²) in [6.45, 7) is 5.53. The summed E-state index contributed by atoms with van der Waals surface area (Å²) in [6.07, 6.45) is 0. The molecule has 0 aliphatic rings. The molecule has 0 unspecified atom stereocenters. The van der Waals surface area contributed by atoms with Crippen molar-refractivity contribution in [1.82, 2.24) is 20.0 Å². The fourth-order valence-corrected chi connectivity index (χ4v) is 3.12. The van der Waals surface area contributed by atoms with E-state index in [1.54, 1.807) is 38.1 Å². The molecule has 0 aliphatic heterocycles. The molecular formula is C19H21N5O4. The second kappa shape index (κ2) is 7.55. The van der Waals surface area contributed by atoms with Gasteiger partial charge in [0.1, 0.15) is 5.69 Å². The van der Waals surface area contributed by atoms with Crippen LogP contribution in [-0.4, -0.2) is 33.5 Å². The van der Waals surface area contributed by atoms with Crippen LogP contribution in [0.2, 0.25) is 0 Å². The number of aromatic amines is 1. The van der Waals surface area contributed by atoms with Gasteiger partial charge in [-0.25, -0.2) is 9.78 Å². The normalized spacial score (nSPS) is 10.7. The van der Waals surface area contributed by atoms with Crippen molar-refractivity contribution in [2.45, 2.75) is 27.3 Å². The number of carbonyl (C=O) groups is 2. The van der Waals surface area contributed by atoms with Crippen molar-refractivity contribution in [2.75, 3.05) is 12.5 Å². The Morgan fingerprint density at radius 2 is 1.96 bits per heavy atom. The number of benzene rings is 1. The topological polar surface area (TPSA) is 118 Å². The van der Waals surface area contributed by atoms with Crippen molar-refractivity contribution in [1.29, 1.82) is 0 Å². The second-order valence-corrected chi connectivity index (χ2v) is 6.20. The molecule has 146 valence electrons. The van der Waals surface area contributed by atoms with Crippen LogP contribution in [0.25, 0.3) is 10.9 Å². The van der Waals surface area contributed by atoms with Gasteiger partial charge < -0.3 is 9.72 Å². The number of H-pyrrole nitrogens is 1. The van der Waals surface area contributed by atoms with Crippen LogP contribution >= 0.6 is 0 Å². The summed E-state index contributed by atoms with van der Waals surface area (Å²) in [5.41, 5.74) is 7.10. The molecule has 9 nitrogen and oxygen atoms in total. The molecule has 2 heterocycles. The maximum Gasteiger partial charge on any atom is 0.339 e.